The lowest BCUT2D eigenvalue weighted by molar-refractivity contribution is 0.0720. The summed E-state index contributed by atoms with van der Waals surface area (Å²) in [5.41, 5.74) is 1.21. The summed E-state index contributed by atoms with van der Waals surface area (Å²) in [5.74, 6) is 3.39. The van der Waals surface area contributed by atoms with Crippen molar-refractivity contribution in [1.82, 2.24) is 19.4 Å². The van der Waals surface area contributed by atoms with Gasteiger partial charge in [0.1, 0.15) is 5.56 Å². The van der Waals surface area contributed by atoms with Crippen molar-refractivity contribution in [1.29, 1.82) is 0 Å². The molecule has 5 rings (SSSR count). The van der Waals surface area contributed by atoms with Crippen molar-refractivity contribution in [3.8, 4) is 0 Å². The van der Waals surface area contributed by atoms with Crippen LogP contribution in [0.1, 0.15) is 41.2 Å². The van der Waals surface area contributed by atoms with Crippen molar-refractivity contribution < 1.29 is 4.79 Å². The third-order valence-electron chi connectivity index (χ3n) is 6.73. The van der Waals surface area contributed by atoms with Crippen LogP contribution in [0.5, 0.6) is 0 Å². The van der Waals surface area contributed by atoms with E-state index in [1.807, 2.05) is 35.5 Å². The SMILES string of the molecule is CN(C(=O)c1ccc2n(c1=O)C[C@H]1C[C@@H]2CN(c2ncccn2)C1)C1CCSCC1. The minimum Gasteiger partial charge on any atom is -0.340 e. The molecule has 5 heterocycles. The Hall–Kier alpha value is -2.35. The number of pyridine rings is 1. The van der Waals surface area contributed by atoms with Crippen LogP contribution in [0.2, 0.25) is 0 Å². The van der Waals surface area contributed by atoms with Gasteiger partial charge in [0.25, 0.3) is 11.5 Å². The lowest BCUT2D eigenvalue weighted by Crippen LogP contribution is -2.49. The predicted octanol–water partition coefficient (Wildman–Crippen LogP) is 2.23. The summed E-state index contributed by atoms with van der Waals surface area (Å²) < 4.78 is 1.86. The number of carbonyl (C=O) groups is 1. The second-order valence-electron chi connectivity index (χ2n) is 8.60. The molecule has 3 aliphatic heterocycles. The zero-order valence-electron chi connectivity index (χ0n) is 17.2. The molecule has 2 aromatic rings. The van der Waals surface area contributed by atoms with Crippen LogP contribution in [0.15, 0.2) is 35.4 Å². The molecule has 0 radical (unpaired) electrons. The lowest BCUT2D eigenvalue weighted by Gasteiger charge is -2.42. The quantitative estimate of drug-likeness (QED) is 0.751. The Balaban J connectivity index is 1.41. The van der Waals surface area contributed by atoms with Gasteiger partial charge in [-0.3, -0.25) is 9.59 Å². The fourth-order valence-corrected chi connectivity index (χ4v) is 6.24. The van der Waals surface area contributed by atoms with Crippen LogP contribution in [-0.2, 0) is 6.54 Å². The molecule has 0 aliphatic carbocycles. The van der Waals surface area contributed by atoms with Crippen LogP contribution in [0, 0.1) is 5.92 Å². The summed E-state index contributed by atoms with van der Waals surface area (Å²) in [6.45, 7) is 2.29. The summed E-state index contributed by atoms with van der Waals surface area (Å²) in [7, 11) is 1.85. The maximum absolute atomic E-state index is 13.3. The van der Waals surface area contributed by atoms with E-state index in [4.69, 9.17) is 0 Å². The monoisotopic (exact) mass is 425 g/mol. The molecule has 1 amide bonds. The molecule has 0 saturated carbocycles. The number of aromatic nitrogens is 3. The normalized spacial score (nSPS) is 23.7. The van der Waals surface area contributed by atoms with E-state index in [9.17, 15) is 9.59 Å². The number of fused-ring (bicyclic) bond motifs is 4. The van der Waals surface area contributed by atoms with Gasteiger partial charge in [0.15, 0.2) is 0 Å². The topological polar surface area (TPSA) is 71.3 Å². The van der Waals surface area contributed by atoms with E-state index in [-0.39, 0.29) is 23.4 Å². The van der Waals surface area contributed by atoms with Crippen LogP contribution < -0.4 is 10.5 Å². The van der Waals surface area contributed by atoms with Gasteiger partial charge in [-0.15, -0.1) is 0 Å². The van der Waals surface area contributed by atoms with Crippen LogP contribution in [0.3, 0.4) is 0 Å². The molecule has 0 N–H and O–H groups in total. The standard InChI is InChI=1S/C22H27N5O2S/c1-25(17-5-9-30-10-6-17)20(28)18-3-4-19-16-11-15(13-27(19)21(18)29)12-26(14-16)22-23-7-2-8-24-22/h2-4,7-8,15-17H,5-6,9-14H2,1H3/t15-,16+/m0/s1. The molecule has 0 spiro atoms. The number of carbonyl (C=O) groups excluding carboxylic acids is 1. The maximum Gasteiger partial charge on any atom is 0.263 e. The third-order valence-corrected chi connectivity index (χ3v) is 7.78. The minimum absolute atomic E-state index is 0.131. The Morgan fingerprint density at radius 2 is 1.90 bits per heavy atom. The number of piperidine rings is 1. The molecule has 2 saturated heterocycles. The molecule has 2 atom stereocenters. The van der Waals surface area contributed by atoms with Gasteiger partial charge in [-0.25, -0.2) is 9.97 Å². The number of hydrogen-bond donors (Lipinski definition) is 0. The van der Waals surface area contributed by atoms with Gasteiger partial charge >= 0.3 is 0 Å². The molecule has 0 aromatic carbocycles. The highest BCUT2D eigenvalue weighted by atomic mass is 32.2. The summed E-state index contributed by atoms with van der Waals surface area (Å²) in [6.07, 6.45) is 6.60. The van der Waals surface area contributed by atoms with Crippen molar-refractivity contribution in [2.24, 2.45) is 5.92 Å². The Morgan fingerprint density at radius 3 is 2.67 bits per heavy atom. The molecule has 2 aromatic heterocycles. The highest BCUT2D eigenvalue weighted by Crippen LogP contribution is 2.36. The molecule has 3 aliphatic rings. The fourth-order valence-electron chi connectivity index (χ4n) is 5.15. The van der Waals surface area contributed by atoms with E-state index in [0.29, 0.717) is 18.0 Å². The highest BCUT2D eigenvalue weighted by molar-refractivity contribution is 7.99. The molecule has 2 fully saturated rings. The number of hydrogen-bond acceptors (Lipinski definition) is 6. The van der Waals surface area contributed by atoms with E-state index in [0.717, 1.165) is 55.5 Å². The second-order valence-corrected chi connectivity index (χ2v) is 9.82. The average Bonchev–Trinajstić information content (AvgIpc) is 2.80. The van der Waals surface area contributed by atoms with Crippen molar-refractivity contribution in [2.45, 2.75) is 37.8 Å². The Kier molecular flexibility index (Phi) is 5.26. The van der Waals surface area contributed by atoms with Crippen molar-refractivity contribution in [3.05, 3.63) is 52.2 Å². The first-order chi connectivity index (χ1) is 14.6. The lowest BCUT2D eigenvalue weighted by atomic mass is 9.83. The summed E-state index contributed by atoms with van der Waals surface area (Å²) in [6, 6.07) is 5.81. The van der Waals surface area contributed by atoms with Gasteiger partial charge in [-0.1, -0.05) is 0 Å². The van der Waals surface area contributed by atoms with Crippen molar-refractivity contribution in [2.75, 3.05) is 36.5 Å². The first kappa shape index (κ1) is 19.6. The number of thioether (sulfide) groups is 1. The Labute approximate surface area is 180 Å². The smallest absolute Gasteiger partial charge is 0.263 e. The first-order valence-electron chi connectivity index (χ1n) is 10.7. The highest BCUT2D eigenvalue weighted by Gasteiger charge is 2.36. The van der Waals surface area contributed by atoms with E-state index in [2.05, 4.69) is 14.9 Å². The first-order valence-corrected chi connectivity index (χ1v) is 11.9. The van der Waals surface area contributed by atoms with E-state index in [1.165, 1.54) is 0 Å². The number of nitrogens with zero attached hydrogens (tertiary/aromatic N) is 5. The van der Waals surface area contributed by atoms with E-state index >= 15 is 0 Å². The third kappa shape index (κ3) is 3.51. The molecule has 8 heteroatoms. The van der Waals surface area contributed by atoms with Crippen LogP contribution in [0.25, 0.3) is 0 Å². The van der Waals surface area contributed by atoms with Crippen molar-refractivity contribution in [3.63, 3.8) is 0 Å². The largest absolute Gasteiger partial charge is 0.340 e. The molecular formula is C22H27N5O2S. The average molecular weight is 426 g/mol. The molecule has 2 bridgehead atoms. The molecular weight excluding hydrogens is 398 g/mol. The zero-order chi connectivity index (χ0) is 20.7. The molecule has 7 nitrogen and oxygen atoms in total. The van der Waals surface area contributed by atoms with Crippen LogP contribution in [-0.4, -0.2) is 63.0 Å². The number of rotatable bonds is 3. The van der Waals surface area contributed by atoms with Gasteiger partial charge < -0.3 is 14.4 Å². The van der Waals surface area contributed by atoms with Crippen molar-refractivity contribution >= 4 is 23.6 Å². The number of anilines is 1. The van der Waals surface area contributed by atoms with Gasteiger partial charge in [0, 0.05) is 56.7 Å². The minimum atomic E-state index is -0.137. The van der Waals surface area contributed by atoms with Crippen LogP contribution >= 0.6 is 11.8 Å². The second kappa shape index (κ2) is 8.06. The van der Waals surface area contributed by atoms with E-state index < -0.39 is 0 Å². The maximum atomic E-state index is 13.3. The molecule has 0 unspecified atom stereocenters. The van der Waals surface area contributed by atoms with Gasteiger partial charge in [-0.05, 0) is 54.9 Å². The van der Waals surface area contributed by atoms with Gasteiger partial charge in [0.05, 0.1) is 0 Å². The van der Waals surface area contributed by atoms with E-state index in [1.54, 1.807) is 23.4 Å². The zero-order valence-corrected chi connectivity index (χ0v) is 18.1. The Morgan fingerprint density at radius 1 is 1.13 bits per heavy atom. The van der Waals surface area contributed by atoms with Gasteiger partial charge in [-0.2, -0.15) is 11.8 Å². The molecule has 30 heavy (non-hydrogen) atoms. The van der Waals surface area contributed by atoms with Gasteiger partial charge in [0.2, 0.25) is 5.95 Å². The van der Waals surface area contributed by atoms with Crippen LogP contribution in [0.4, 0.5) is 5.95 Å². The number of amides is 1. The summed E-state index contributed by atoms with van der Waals surface area (Å²) >= 11 is 1.94. The molecule has 158 valence electrons. The Bertz CT molecular complexity index is 989. The fraction of sp³-hybridized carbons (Fsp3) is 0.545. The summed E-state index contributed by atoms with van der Waals surface area (Å²) in [4.78, 5) is 39.2. The predicted molar refractivity (Wildman–Crippen MR) is 118 cm³/mol. The summed E-state index contributed by atoms with van der Waals surface area (Å²) in [5, 5.41) is 0.